The van der Waals surface area contributed by atoms with E-state index in [-0.39, 0.29) is 47.3 Å². The molecule has 0 fully saturated rings. The van der Waals surface area contributed by atoms with E-state index in [2.05, 4.69) is 10.6 Å². The number of nitrogens with one attached hydrogen (secondary N) is 2. The van der Waals surface area contributed by atoms with Crippen LogP contribution in [0.3, 0.4) is 0 Å². The molecule has 2 amide bonds. The lowest BCUT2D eigenvalue weighted by Crippen LogP contribution is -2.38. The van der Waals surface area contributed by atoms with Crippen LogP contribution in [0.15, 0.2) is 58.5 Å². The number of methoxy groups -OCH3 is 2. The van der Waals surface area contributed by atoms with E-state index in [1.807, 2.05) is 6.92 Å². The normalized spacial score (nSPS) is 31.7. The Kier molecular flexibility index (Phi) is 13.6. The average molecular weight is 608 g/mol. The third-order valence-electron chi connectivity index (χ3n) is 7.19. The molecule has 0 aromatic rings. The summed E-state index contributed by atoms with van der Waals surface area (Å²) in [6, 6.07) is 0. The first-order chi connectivity index (χ1) is 19.8. The van der Waals surface area contributed by atoms with Gasteiger partial charge in [0.25, 0.3) is 5.91 Å². The molecule has 0 aromatic carbocycles. The zero-order valence-corrected chi connectivity index (χ0v) is 25.7. The van der Waals surface area contributed by atoms with Gasteiger partial charge in [0.2, 0.25) is 11.6 Å². The summed E-state index contributed by atoms with van der Waals surface area (Å²) in [7, 11) is 2.91. The second kappa shape index (κ2) is 16.4. The number of amides is 2. The molecule has 11 nitrogen and oxygen atoms in total. The van der Waals surface area contributed by atoms with E-state index >= 15 is 0 Å². The number of aliphatic hydroxyl groups excluding tert-OH is 1. The van der Waals surface area contributed by atoms with Crippen LogP contribution in [-0.2, 0) is 28.6 Å². The molecule has 232 valence electrons. The van der Waals surface area contributed by atoms with Gasteiger partial charge >= 0.3 is 6.09 Å². The lowest BCUT2D eigenvalue weighted by atomic mass is 9.85. The molecule has 0 unspecified atom stereocenters. The van der Waals surface area contributed by atoms with Gasteiger partial charge in [0.05, 0.1) is 23.6 Å². The quantitative estimate of drug-likeness (QED) is 0.202. The van der Waals surface area contributed by atoms with Crippen molar-refractivity contribution in [1.82, 2.24) is 10.6 Å². The van der Waals surface area contributed by atoms with Crippen molar-refractivity contribution < 1.29 is 38.5 Å². The lowest BCUT2D eigenvalue weighted by Gasteiger charge is -2.30. The number of carbonyl (C=O) groups is 4. The molecular formula is C30H42ClN3O8. The Hall–Kier alpha value is -3.25. The summed E-state index contributed by atoms with van der Waals surface area (Å²) in [5.41, 5.74) is 6.38. The number of aliphatic hydroxyl groups is 1. The monoisotopic (exact) mass is 607 g/mol. The van der Waals surface area contributed by atoms with Gasteiger partial charge in [0.15, 0.2) is 6.10 Å². The summed E-state index contributed by atoms with van der Waals surface area (Å²) in [6.07, 6.45) is 3.71. The summed E-state index contributed by atoms with van der Waals surface area (Å²) in [6.45, 7) is 7.22. The molecule has 1 heterocycles. The number of hydrogen-bond donors (Lipinski definition) is 4. The Balaban J connectivity index is 2.61. The van der Waals surface area contributed by atoms with Gasteiger partial charge in [-0.15, -0.1) is 11.6 Å². The SMILES string of the molecule is CO[C@@H]1/C=C/C=C(/C)C(=O)NC2=CC(=O)C(NCCCl)=C(C[C@@H](C)C[C@@H](OC)[C@H](O)[C@H](C)/C=C(\C)[C@H]1OC(N)=O)C2=O. The maximum Gasteiger partial charge on any atom is 0.405 e. The number of carbonyl (C=O) groups excluding carboxylic acids is 4. The van der Waals surface area contributed by atoms with E-state index in [0.717, 1.165) is 6.08 Å². The van der Waals surface area contributed by atoms with Crippen LogP contribution in [0.25, 0.3) is 0 Å². The Morgan fingerprint density at radius 3 is 2.48 bits per heavy atom. The minimum absolute atomic E-state index is 0.138. The van der Waals surface area contributed by atoms with Gasteiger partial charge in [-0.25, -0.2) is 4.79 Å². The third kappa shape index (κ3) is 9.38. The molecule has 12 heteroatoms. The van der Waals surface area contributed by atoms with Crippen molar-refractivity contribution >= 4 is 35.2 Å². The van der Waals surface area contributed by atoms with Crippen LogP contribution in [0.5, 0.6) is 0 Å². The maximum absolute atomic E-state index is 13.5. The van der Waals surface area contributed by atoms with E-state index in [9.17, 15) is 24.3 Å². The molecule has 1 aliphatic carbocycles. The van der Waals surface area contributed by atoms with Crippen LogP contribution < -0.4 is 16.4 Å². The van der Waals surface area contributed by atoms with Gasteiger partial charge in [-0.2, -0.15) is 0 Å². The van der Waals surface area contributed by atoms with E-state index in [4.69, 9.17) is 31.5 Å². The Labute approximate surface area is 251 Å². The molecule has 0 saturated carbocycles. The number of ether oxygens (including phenoxy) is 3. The summed E-state index contributed by atoms with van der Waals surface area (Å²) in [5, 5.41) is 16.7. The number of fused-ring (bicyclic) bond motifs is 2. The van der Waals surface area contributed by atoms with E-state index in [1.165, 1.54) is 20.3 Å². The molecule has 1 aliphatic heterocycles. The predicted molar refractivity (Wildman–Crippen MR) is 158 cm³/mol. The number of primary amides is 1. The largest absolute Gasteiger partial charge is 0.439 e. The molecule has 2 aliphatic rings. The molecule has 0 radical (unpaired) electrons. The van der Waals surface area contributed by atoms with Crippen LogP contribution in [0.2, 0.25) is 0 Å². The zero-order chi connectivity index (χ0) is 31.6. The number of alkyl halides is 1. The number of allylic oxidation sites excluding steroid dienone is 4. The topological polar surface area (TPSA) is 166 Å². The second-order valence-corrected chi connectivity index (χ2v) is 10.9. The van der Waals surface area contributed by atoms with Gasteiger partial charge in [-0.1, -0.05) is 38.2 Å². The summed E-state index contributed by atoms with van der Waals surface area (Å²) in [4.78, 5) is 51.3. The van der Waals surface area contributed by atoms with Crippen LogP contribution in [0.1, 0.15) is 40.5 Å². The van der Waals surface area contributed by atoms with Crippen LogP contribution in [-0.4, -0.2) is 79.7 Å². The third-order valence-corrected chi connectivity index (χ3v) is 7.38. The highest BCUT2D eigenvalue weighted by Gasteiger charge is 2.33. The summed E-state index contributed by atoms with van der Waals surface area (Å²) in [5.74, 6) is -1.96. The minimum atomic E-state index is -1.00. The lowest BCUT2D eigenvalue weighted by molar-refractivity contribution is -0.120. The maximum atomic E-state index is 13.5. The molecule has 6 atom stereocenters. The standard InChI is InChI=1S/C30H42ClN3O8/c1-16-12-20-25(33-11-10-31)22(35)15-21(27(20)37)34-29(38)17(2)8-7-9-23(40-5)28(42-30(32)39)19(4)14-18(3)26(36)24(13-16)41-6/h7-9,14-16,18,23-24,26,28,33,36H,10-13H2,1-6H3,(H2,32,39)(H,34,38)/b9-7+,17-8-,19-14+/t16-,18-,23-,24-,26-,28-/m1/s1. The molecule has 2 bridgehead atoms. The van der Waals surface area contributed by atoms with Crippen molar-refractivity contribution in [1.29, 1.82) is 0 Å². The van der Waals surface area contributed by atoms with E-state index in [0.29, 0.717) is 12.0 Å². The Bertz CT molecular complexity index is 1190. The highest BCUT2D eigenvalue weighted by molar-refractivity contribution is 6.23. The number of rotatable bonds is 6. The number of ketones is 2. The Morgan fingerprint density at radius 1 is 1.19 bits per heavy atom. The van der Waals surface area contributed by atoms with Crippen LogP contribution >= 0.6 is 11.6 Å². The highest BCUT2D eigenvalue weighted by Crippen LogP contribution is 2.28. The van der Waals surface area contributed by atoms with Crippen molar-refractivity contribution in [3.8, 4) is 0 Å². The Morgan fingerprint density at radius 2 is 1.88 bits per heavy atom. The van der Waals surface area contributed by atoms with Crippen molar-refractivity contribution in [2.75, 3.05) is 26.6 Å². The molecule has 0 aromatic heterocycles. The van der Waals surface area contributed by atoms with Crippen LogP contribution in [0, 0.1) is 11.8 Å². The van der Waals surface area contributed by atoms with Gasteiger partial charge < -0.3 is 35.7 Å². The molecule has 5 N–H and O–H groups in total. The van der Waals surface area contributed by atoms with Crippen molar-refractivity contribution in [3.63, 3.8) is 0 Å². The molecule has 0 saturated heterocycles. The van der Waals surface area contributed by atoms with Gasteiger partial charge in [-0.05, 0) is 38.2 Å². The fourth-order valence-corrected chi connectivity index (χ4v) is 5.05. The van der Waals surface area contributed by atoms with Gasteiger partial charge in [-0.3, -0.25) is 14.4 Å². The minimum Gasteiger partial charge on any atom is -0.439 e. The van der Waals surface area contributed by atoms with Crippen molar-refractivity contribution in [3.05, 3.63) is 58.5 Å². The number of nitrogens with two attached hydrogens (primary N) is 1. The molecular weight excluding hydrogens is 566 g/mol. The first-order valence-electron chi connectivity index (χ1n) is 13.7. The second-order valence-electron chi connectivity index (χ2n) is 10.5. The van der Waals surface area contributed by atoms with Crippen molar-refractivity contribution in [2.24, 2.45) is 17.6 Å². The average Bonchev–Trinajstić information content (AvgIpc) is 2.94. The van der Waals surface area contributed by atoms with Crippen LogP contribution in [0.4, 0.5) is 4.79 Å². The van der Waals surface area contributed by atoms with Gasteiger partial charge in [0, 0.05) is 49.8 Å². The summed E-state index contributed by atoms with van der Waals surface area (Å²) >= 11 is 5.82. The fraction of sp³-hybridized carbons (Fsp3) is 0.533. The number of halogens is 1. The molecule has 2 rings (SSSR count). The fourth-order valence-electron chi connectivity index (χ4n) is 4.95. The molecule has 0 spiro atoms. The number of hydrogen-bond acceptors (Lipinski definition) is 9. The van der Waals surface area contributed by atoms with E-state index < -0.39 is 53.9 Å². The van der Waals surface area contributed by atoms with Crippen molar-refractivity contribution in [2.45, 2.75) is 65.0 Å². The van der Waals surface area contributed by atoms with E-state index in [1.54, 1.807) is 39.0 Å². The zero-order valence-electron chi connectivity index (χ0n) is 24.9. The number of Topliss-reactive ketones (excluding diaryl/α,β-unsaturated/α-hetero) is 1. The predicted octanol–water partition coefficient (Wildman–Crippen LogP) is 2.59. The molecule has 42 heavy (non-hydrogen) atoms. The highest BCUT2D eigenvalue weighted by atomic mass is 35.5. The van der Waals surface area contributed by atoms with Gasteiger partial charge in [0.1, 0.15) is 6.10 Å². The first kappa shape index (κ1) is 34.9. The smallest absolute Gasteiger partial charge is 0.405 e. The summed E-state index contributed by atoms with van der Waals surface area (Å²) < 4.78 is 16.5. The first-order valence-corrected chi connectivity index (χ1v) is 14.3.